The molecule has 122 valence electrons. The van der Waals surface area contributed by atoms with Crippen LogP contribution in [0.5, 0.6) is 0 Å². The van der Waals surface area contributed by atoms with Gasteiger partial charge in [0.05, 0.1) is 11.1 Å². The summed E-state index contributed by atoms with van der Waals surface area (Å²) in [6.45, 7) is 0. The van der Waals surface area contributed by atoms with Gasteiger partial charge in [0, 0.05) is 18.0 Å². The van der Waals surface area contributed by atoms with Crippen molar-refractivity contribution in [3.63, 3.8) is 0 Å². The number of nitrogens with zero attached hydrogens (tertiary/aromatic N) is 2. The molecule has 0 saturated heterocycles. The van der Waals surface area contributed by atoms with Crippen LogP contribution in [0.2, 0.25) is 0 Å². The lowest BCUT2D eigenvalue weighted by Gasteiger charge is -2.10. The Morgan fingerprint density at radius 1 is 1.39 bits per heavy atom. The summed E-state index contributed by atoms with van der Waals surface area (Å²) in [5, 5.41) is 4.40. The first-order valence-electron chi connectivity index (χ1n) is 8.07. The van der Waals surface area contributed by atoms with Crippen molar-refractivity contribution in [2.24, 2.45) is 7.05 Å². The number of fused-ring (bicyclic) bond motifs is 3. The van der Waals surface area contributed by atoms with Crippen LogP contribution in [-0.4, -0.2) is 27.3 Å². The molecule has 2 aliphatic rings. The average Bonchev–Trinajstić information content (AvgIpc) is 3.27. The number of hydrogen-bond acceptors (Lipinski definition) is 5. The fourth-order valence-electron chi connectivity index (χ4n) is 3.02. The molecular weight excluding hydrogens is 330 g/mol. The van der Waals surface area contributed by atoms with E-state index in [1.165, 1.54) is 28.6 Å². The van der Waals surface area contributed by atoms with Crippen molar-refractivity contribution < 1.29 is 4.79 Å². The van der Waals surface area contributed by atoms with Gasteiger partial charge >= 0.3 is 0 Å². The van der Waals surface area contributed by atoms with Gasteiger partial charge in [-0.3, -0.25) is 14.2 Å². The highest BCUT2D eigenvalue weighted by molar-refractivity contribution is 7.99. The number of amides is 1. The molecule has 0 atom stereocenters. The molecule has 4 rings (SSSR count). The lowest BCUT2D eigenvalue weighted by molar-refractivity contribution is -0.118. The number of carbonyl (C=O) groups excluding carboxylic acids is 1. The highest BCUT2D eigenvalue weighted by atomic mass is 32.2. The fraction of sp³-hybridized carbons (Fsp3) is 0.562. The molecule has 5 nitrogen and oxygen atoms in total. The van der Waals surface area contributed by atoms with Crippen LogP contribution >= 0.6 is 23.1 Å². The van der Waals surface area contributed by atoms with Crippen LogP contribution in [0.25, 0.3) is 10.2 Å². The van der Waals surface area contributed by atoms with E-state index in [9.17, 15) is 9.59 Å². The smallest absolute Gasteiger partial charge is 0.262 e. The van der Waals surface area contributed by atoms with E-state index in [4.69, 9.17) is 0 Å². The fourth-order valence-corrected chi connectivity index (χ4v) is 5.11. The van der Waals surface area contributed by atoms with Crippen LogP contribution in [0, 0.1) is 0 Å². The van der Waals surface area contributed by atoms with Crippen molar-refractivity contribution in [3.05, 3.63) is 20.8 Å². The maximum absolute atomic E-state index is 12.7. The Morgan fingerprint density at radius 3 is 2.96 bits per heavy atom. The highest BCUT2D eigenvalue weighted by Crippen LogP contribution is 2.34. The van der Waals surface area contributed by atoms with Gasteiger partial charge in [-0.25, -0.2) is 4.98 Å². The largest absolute Gasteiger partial charge is 0.353 e. The molecule has 2 aliphatic carbocycles. The summed E-state index contributed by atoms with van der Waals surface area (Å²) in [5.41, 5.74) is 1.24. The lowest BCUT2D eigenvalue weighted by Crippen LogP contribution is -2.27. The van der Waals surface area contributed by atoms with Crippen LogP contribution in [0.4, 0.5) is 0 Å². The second-order valence-electron chi connectivity index (χ2n) is 6.28. The van der Waals surface area contributed by atoms with Gasteiger partial charge in [-0.2, -0.15) is 0 Å². The number of nitrogens with one attached hydrogen (secondary N) is 1. The maximum atomic E-state index is 12.7. The zero-order valence-electron chi connectivity index (χ0n) is 13.1. The van der Waals surface area contributed by atoms with E-state index in [0.717, 1.165) is 42.3 Å². The van der Waals surface area contributed by atoms with E-state index >= 15 is 0 Å². The molecular formula is C16H19N3O2S2. The first kappa shape index (κ1) is 15.2. The van der Waals surface area contributed by atoms with E-state index in [2.05, 4.69) is 10.3 Å². The quantitative estimate of drug-likeness (QED) is 0.679. The minimum Gasteiger partial charge on any atom is -0.353 e. The number of thiophene rings is 1. The Labute approximate surface area is 142 Å². The molecule has 2 heterocycles. The first-order valence-corrected chi connectivity index (χ1v) is 9.87. The normalized spacial score (nSPS) is 17.3. The predicted octanol–water partition coefficient (Wildman–Crippen LogP) is 2.24. The van der Waals surface area contributed by atoms with Crippen molar-refractivity contribution in [1.29, 1.82) is 0 Å². The third-order valence-electron chi connectivity index (χ3n) is 4.43. The number of thioether (sulfide) groups is 1. The van der Waals surface area contributed by atoms with E-state index < -0.39 is 0 Å². The van der Waals surface area contributed by atoms with Gasteiger partial charge in [0.25, 0.3) is 5.56 Å². The van der Waals surface area contributed by atoms with Crippen LogP contribution in [0.1, 0.15) is 36.1 Å². The van der Waals surface area contributed by atoms with Gasteiger partial charge in [0.1, 0.15) is 4.83 Å². The third kappa shape index (κ3) is 2.92. The Balaban J connectivity index is 1.63. The second kappa shape index (κ2) is 5.94. The van der Waals surface area contributed by atoms with Gasteiger partial charge in [-0.15, -0.1) is 11.3 Å². The van der Waals surface area contributed by atoms with Crippen LogP contribution in [0.15, 0.2) is 9.95 Å². The summed E-state index contributed by atoms with van der Waals surface area (Å²) in [6, 6.07) is 0.367. The molecule has 0 bridgehead atoms. The van der Waals surface area contributed by atoms with E-state index in [0.29, 0.717) is 17.0 Å². The molecule has 1 saturated carbocycles. The van der Waals surface area contributed by atoms with E-state index in [1.54, 1.807) is 23.0 Å². The van der Waals surface area contributed by atoms with E-state index in [-0.39, 0.29) is 11.5 Å². The Kier molecular flexibility index (Phi) is 3.93. The molecule has 1 amide bonds. The molecule has 23 heavy (non-hydrogen) atoms. The van der Waals surface area contributed by atoms with Crippen molar-refractivity contribution in [3.8, 4) is 0 Å². The van der Waals surface area contributed by atoms with Crippen molar-refractivity contribution in [2.75, 3.05) is 5.75 Å². The molecule has 2 aromatic heterocycles. The van der Waals surface area contributed by atoms with Gasteiger partial charge < -0.3 is 5.32 Å². The molecule has 1 N–H and O–H groups in total. The van der Waals surface area contributed by atoms with Crippen LogP contribution < -0.4 is 10.9 Å². The Morgan fingerprint density at radius 2 is 2.17 bits per heavy atom. The van der Waals surface area contributed by atoms with Gasteiger partial charge in [-0.1, -0.05) is 11.8 Å². The Hall–Kier alpha value is -1.34. The molecule has 0 radical (unpaired) electrons. The first-order chi connectivity index (χ1) is 11.1. The molecule has 0 spiro atoms. The summed E-state index contributed by atoms with van der Waals surface area (Å²) in [5.74, 6) is 0.338. The number of aryl methyl sites for hydroxylation is 2. The molecule has 0 aromatic carbocycles. The summed E-state index contributed by atoms with van der Waals surface area (Å²) in [4.78, 5) is 31.4. The van der Waals surface area contributed by atoms with Gasteiger partial charge in [-0.05, 0) is 44.1 Å². The maximum Gasteiger partial charge on any atom is 0.262 e. The monoisotopic (exact) mass is 349 g/mol. The SMILES string of the molecule is Cn1c(SCC(=O)NC2CC2)nc2sc3c(c2c1=O)CCCC3. The molecule has 0 unspecified atom stereocenters. The number of hydrogen-bond donors (Lipinski definition) is 1. The third-order valence-corrected chi connectivity index (χ3v) is 6.65. The Bertz CT molecular complexity index is 836. The topological polar surface area (TPSA) is 64.0 Å². The van der Waals surface area contributed by atoms with Gasteiger partial charge in [0.15, 0.2) is 5.16 Å². The average molecular weight is 349 g/mol. The molecule has 2 aromatic rings. The van der Waals surface area contributed by atoms with Crippen molar-refractivity contribution in [2.45, 2.75) is 49.7 Å². The zero-order chi connectivity index (χ0) is 16.0. The molecule has 0 aliphatic heterocycles. The second-order valence-corrected chi connectivity index (χ2v) is 8.31. The van der Waals surface area contributed by atoms with E-state index in [1.807, 2.05) is 0 Å². The summed E-state index contributed by atoms with van der Waals surface area (Å²) < 4.78 is 1.60. The molecule has 7 heteroatoms. The summed E-state index contributed by atoms with van der Waals surface area (Å²) >= 11 is 3.00. The minimum atomic E-state index is 0.0253. The van der Waals surface area contributed by atoms with Gasteiger partial charge in [0.2, 0.25) is 5.91 Å². The predicted molar refractivity (Wildman–Crippen MR) is 93.4 cm³/mol. The minimum absolute atomic E-state index is 0.0253. The van der Waals surface area contributed by atoms with Crippen LogP contribution in [0.3, 0.4) is 0 Å². The van der Waals surface area contributed by atoms with Crippen molar-refractivity contribution in [1.82, 2.24) is 14.9 Å². The number of rotatable bonds is 4. The zero-order valence-corrected chi connectivity index (χ0v) is 14.7. The summed E-state index contributed by atoms with van der Waals surface area (Å²) in [6.07, 6.45) is 6.57. The number of carbonyl (C=O) groups is 1. The van der Waals surface area contributed by atoms with Crippen LogP contribution in [-0.2, 0) is 24.7 Å². The summed E-state index contributed by atoms with van der Waals surface area (Å²) in [7, 11) is 1.75. The number of aromatic nitrogens is 2. The molecule has 1 fully saturated rings. The van der Waals surface area contributed by atoms with Crippen molar-refractivity contribution >= 4 is 39.2 Å². The standard InChI is InChI=1S/C16H19N3O2S2/c1-19-15(21)13-10-4-2-3-5-11(10)23-14(13)18-16(19)22-8-12(20)17-9-6-7-9/h9H,2-8H2,1H3,(H,17,20). The highest BCUT2D eigenvalue weighted by Gasteiger charge is 2.24. The lowest BCUT2D eigenvalue weighted by atomic mass is 9.97.